The smallest absolute Gasteiger partial charge is 0.260 e. The van der Waals surface area contributed by atoms with Crippen molar-refractivity contribution in [1.82, 2.24) is 24.6 Å². The standard InChI is InChI=1S/C20H22F2N6O/c1-2-27-11-13(10-24-27)25-19-23-6-5-17(26-19)12-7-14-3-4-15(8-12)28(14)18(29)16-9-20(16,21)22/h5-7,10-11,14-16H,2-4,8-9H2,1H3,(H,23,25,26). The van der Waals surface area contributed by atoms with Gasteiger partial charge in [0.15, 0.2) is 0 Å². The zero-order chi connectivity index (χ0) is 20.2. The van der Waals surface area contributed by atoms with Crippen LogP contribution in [0.15, 0.2) is 30.7 Å². The van der Waals surface area contributed by atoms with Crippen molar-refractivity contribution in [3.8, 4) is 0 Å². The van der Waals surface area contributed by atoms with Crippen LogP contribution in [0, 0.1) is 5.92 Å². The van der Waals surface area contributed by atoms with Gasteiger partial charge in [0.1, 0.15) is 5.92 Å². The number of anilines is 2. The van der Waals surface area contributed by atoms with Crippen molar-refractivity contribution in [2.45, 2.75) is 57.2 Å². The van der Waals surface area contributed by atoms with Crippen molar-refractivity contribution in [2.24, 2.45) is 5.92 Å². The Hall–Kier alpha value is -2.84. The van der Waals surface area contributed by atoms with Crippen molar-refractivity contribution in [3.05, 3.63) is 36.4 Å². The lowest BCUT2D eigenvalue weighted by Gasteiger charge is -2.34. The van der Waals surface area contributed by atoms with Gasteiger partial charge in [0.2, 0.25) is 11.9 Å². The average Bonchev–Trinajstić information content (AvgIpc) is 3.01. The van der Waals surface area contributed by atoms with Gasteiger partial charge >= 0.3 is 0 Å². The van der Waals surface area contributed by atoms with Crippen LogP contribution in [0.25, 0.3) is 5.57 Å². The first-order valence-corrected chi connectivity index (χ1v) is 9.98. The van der Waals surface area contributed by atoms with Gasteiger partial charge < -0.3 is 10.2 Å². The highest BCUT2D eigenvalue weighted by molar-refractivity contribution is 5.85. The van der Waals surface area contributed by atoms with Crippen LogP contribution in [-0.4, -0.2) is 48.6 Å². The number of aromatic nitrogens is 4. The van der Waals surface area contributed by atoms with Gasteiger partial charge in [0, 0.05) is 31.4 Å². The number of aryl methyl sites for hydroxylation is 1. The molecule has 1 N–H and O–H groups in total. The minimum atomic E-state index is -2.82. The maximum absolute atomic E-state index is 13.4. The Balaban J connectivity index is 1.34. The largest absolute Gasteiger partial charge is 0.332 e. The molecule has 7 nitrogen and oxygen atoms in total. The van der Waals surface area contributed by atoms with Crippen molar-refractivity contribution < 1.29 is 13.6 Å². The second-order valence-electron chi connectivity index (χ2n) is 7.93. The molecule has 1 amide bonds. The SMILES string of the molecule is CCn1cc(Nc2nccc(C3=CC4CCC(C3)N4C(=O)C3CC3(F)F)n2)cn1. The number of amides is 1. The van der Waals surface area contributed by atoms with Gasteiger partial charge in [-0.1, -0.05) is 6.08 Å². The molecule has 1 saturated heterocycles. The first kappa shape index (κ1) is 18.2. The summed E-state index contributed by atoms with van der Waals surface area (Å²) < 4.78 is 28.6. The molecule has 9 heteroatoms. The van der Waals surface area contributed by atoms with Crippen LogP contribution in [0.3, 0.4) is 0 Å². The Morgan fingerprint density at radius 2 is 2.21 bits per heavy atom. The minimum Gasteiger partial charge on any atom is -0.332 e. The highest BCUT2D eigenvalue weighted by atomic mass is 19.3. The van der Waals surface area contributed by atoms with E-state index in [1.165, 1.54) is 0 Å². The number of rotatable bonds is 5. The van der Waals surface area contributed by atoms with E-state index >= 15 is 0 Å². The molecule has 5 rings (SSSR count). The third kappa shape index (κ3) is 3.28. The summed E-state index contributed by atoms with van der Waals surface area (Å²) in [5.41, 5.74) is 2.65. The maximum atomic E-state index is 13.4. The maximum Gasteiger partial charge on any atom is 0.260 e. The van der Waals surface area contributed by atoms with Gasteiger partial charge in [-0.2, -0.15) is 5.10 Å². The van der Waals surface area contributed by atoms with Crippen LogP contribution in [0.5, 0.6) is 0 Å². The number of nitrogens with zero attached hydrogens (tertiary/aromatic N) is 5. The lowest BCUT2D eigenvalue weighted by molar-refractivity contribution is -0.137. The summed E-state index contributed by atoms with van der Waals surface area (Å²) in [4.78, 5) is 23.1. The molecular weight excluding hydrogens is 378 g/mol. The zero-order valence-electron chi connectivity index (χ0n) is 16.1. The lowest BCUT2D eigenvalue weighted by atomic mass is 9.98. The van der Waals surface area contributed by atoms with E-state index in [-0.39, 0.29) is 18.5 Å². The summed E-state index contributed by atoms with van der Waals surface area (Å²) in [6.45, 7) is 2.79. The number of nitrogens with one attached hydrogen (secondary N) is 1. The molecule has 3 atom stereocenters. The van der Waals surface area contributed by atoms with Gasteiger partial charge in [0.05, 0.1) is 23.6 Å². The fourth-order valence-corrected chi connectivity index (χ4v) is 4.35. The Labute approximate surface area is 166 Å². The molecule has 1 saturated carbocycles. The highest BCUT2D eigenvalue weighted by Gasteiger charge is 2.63. The molecule has 3 aliphatic rings. The Morgan fingerprint density at radius 3 is 2.90 bits per heavy atom. The summed E-state index contributed by atoms with van der Waals surface area (Å²) >= 11 is 0. The number of carbonyl (C=O) groups excluding carboxylic acids is 1. The molecule has 29 heavy (non-hydrogen) atoms. The molecule has 2 aromatic heterocycles. The van der Waals surface area contributed by atoms with E-state index in [9.17, 15) is 13.6 Å². The van der Waals surface area contributed by atoms with E-state index in [1.54, 1.807) is 17.3 Å². The molecule has 2 fully saturated rings. The molecule has 0 radical (unpaired) electrons. The van der Waals surface area contributed by atoms with E-state index in [0.717, 1.165) is 36.3 Å². The topological polar surface area (TPSA) is 75.9 Å². The van der Waals surface area contributed by atoms with Crippen LogP contribution < -0.4 is 5.32 Å². The quantitative estimate of drug-likeness (QED) is 0.834. The molecule has 2 aromatic rings. The van der Waals surface area contributed by atoms with Crippen molar-refractivity contribution in [2.75, 3.05) is 5.32 Å². The van der Waals surface area contributed by atoms with Crippen molar-refractivity contribution >= 4 is 23.1 Å². The van der Waals surface area contributed by atoms with Gasteiger partial charge in [0.25, 0.3) is 5.92 Å². The number of hydrogen-bond acceptors (Lipinski definition) is 5. The monoisotopic (exact) mass is 400 g/mol. The molecule has 0 spiro atoms. The van der Waals surface area contributed by atoms with E-state index in [0.29, 0.717) is 12.4 Å². The molecule has 152 valence electrons. The zero-order valence-corrected chi connectivity index (χ0v) is 16.1. The summed E-state index contributed by atoms with van der Waals surface area (Å²) in [7, 11) is 0. The third-order valence-corrected chi connectivity index (χ3v) is 5.97. The molecule has 4 heterocycles. The average molecular weight is 400 g/mol. The predicted octanol–water partition coefficient (Wildman–Crippen LogP) is 3.24. The number of alkyl halides is 2. The number of hydrogen-bond donors (Lipinski definition) is 1. The number of carbonyl (C=O) groups is 1. The summed E-state index contributed by atoms with van der Waals surface area (Å²) in [5, 5.41) is 7.38. The summed E-state index contributed by atoms with van der Waals surface area (Å²) in [6, 6.07) is 1.69. The lowest BCUT2D eigenvalue weighted by Crippen LogP contribution is -2.44. The third-order valence-electron chi connectivity index (χ3n) is 5.97. The molecule has 1 aliphatic carbocycles. The predicted molar refractivity (Wildman–Crippen MR) is 103 cm³/mol. The first-order valence-electron chi connectivity index (χ1n) is 9.98. The fraction of sp³-hybridized carbons (Fsp3) is 0.500. The Kier molecular flexibility index (Phi) is 4.15. The molecule has 2 aliphatic heterocycles. The van der Waals surface area contributed by atoms with Gasteiger partial charge in [-0.3, -0.25) is 9.48 Å². The number of fused-ring (bicyclic) bond motifs is 2. The second-order valence-corrected chi connectivity index (χ2v) is 7.93. The highest BCUT2D eigenvalue weighted by Crippen LogP contribution is 2.51. The fourth-order valence-electron chi connectivity index (χ4n) is 4.35. The molecular formula is C20H22F2N6O. The summed E-state index contributed by atoms with van der Waals surface area (Å²) in [5.74, 6) is -3.86. The Morgan fingerprint density at radius 1 is 1.38 bits per heavy atom. The van der Waals surface area contributed by atoms with Crippen LogP contribution >= 0.6 is 0 Å². The van der Waals surface area contributed by atoms with E-state index < -0.39 is 17.7 Å². The van der Waals surface area contributed by atoms with E-state index in [1.807, 2.05) is 29.9 Å². The number of halogens is 2. The van der Waals surface area contributed by atoms with Crippen LogP contribution in [-0.2, 0) is 11.3 Å². The van der Waals surface area contributed by atoms with E-state index in [2.05, 4.69) is 20.4 Å². The molecule has 3 unspecified atom stereocenters. The van der Waals surface area contributed by atoms with Gasteiger partial charge in [-0.25, -0.2) is 18.7 Å². The molecule has 0 aromatic carbocycles. The van der Waals surface area contributed by atoms with Crippen LogP contribution in [0.2, 0.25) is 0 Å². The normalized spacial score (nSPS) is 26.9. The minimum absolute atomic E-state index is 0.0296. The molecule has 2 bridgehead atoms. The van der Waals surface area contributed by atoms with Crippen molar-refractivity contribution in [3.63, 3.8) is 0 Å². The first-order chi connectivity index (χ1) is 13.9. The second kappa shape index (κ2) is 6.60. The Bertz CT molecular complexity index is 987. The van der Waals surface area contributed by atoms with Gasteiger partial charge in [-0.05, 0) is 37.8 Å². The van der Waals surface area contributed by atoms with Crippen molar-refractivity contribution in [1.29, 1.82) is 0 Å². The van der Waals surface area contributed by atoms with Gasteiger partial charge in [-0.15, -0.1) is 0 Å². The van der Waals surface area contributed by atoms with E-state index in [4.69, 9.17) is 0 Å². The van der Waals surface area contributed by atoms with Crippen LogP contribution in [0.4, 0.5) is 20.4 Å². The summed E-state index contributed by atoms with van der Waals surface area (Å²) in [6.07, 6.45) is 9.28. The van der Waals surface area contributed by atoms with Crippen LogP contribution in [0.1, 0.15) is 38.3 Å².